The molecule has 5 heteroatoms. The maximum Gasteiger partial charge on any atom is 0.451 e. The van der Waals surface area contributed by atoms with Gasteiger partial charge in [-0.3, -0.25) is 0 Å². The average molecular weight is 138 g/mol. The van der Waals surface area contributed by atoms with Gasteiger partial charge in [0.05, 0.1) is 6.54 Å². The fourth-order valence-electron chi connectivity index (χ4n) is 0.432. The summed E-state index contributed by atoms with van der Waals surface area (Å²) >= 11 is 0. The van der Waals surface area contributed by atoms with E-state index in [0.717, 1.165) is 6.08 Å². The van der Waals surface area contributed by atoms with E-state index in [1.165, 1.54) is 0 Å². The zero-order valence-electron chi connectivity index (χ0n) is 4.27. The third-order valence-electron chi connectivity index (χ3n) is 0.794. The molecule has 1 heterocycles. The number of alkyl halides is 3. The molecule has 1 radical (unpaired) electrons. The summed E-state index contributed by atoms with van der Waals surface area (Å²) in [6, 6.07) is 0. The van der Waals surface area contributed by atoms with Gasteiger partial charge in [-0.25, -0.2) is 0 Å². The lowest BCUT2D eigenvalue weighted by Crippen LogP contribution is -2.12. The molecule has 0 atom stereocenters. The standard InChI is InChI=1S/C4H3F3NO/c5-4(6,7)3-1-2-8-9-3/h1H,2H2. The summed E-state index contributed by atoms with van der Waals surface area (Å²) in [6.07, 6.45) is -3.49. The van der Waals surface area contributed by atoms with Crippen LogP contribution in [0.1, 0.15) is 0 Å². The fraction of sp³-hybridized carbons (Fsp3) is 0.500. The molecule has 0 aromatic carbocycles. The molecule has 0 aliphatic carbocycles. The van der Waals surface area contributed by atoms with Gasteiger partial charge in [0.15, 0.2) is 0 Å². The molecule has 1 aliphatic heterocycles. The Balaban J connectivity index is 2.61. The highest BCUT2D eigenvalue weighted by Crippen LogP contribution is 2.27. The molecule has 0 N–H and O–H groups in total. The Labute approximate surface area is 49.3 Å². The van der Waals surface area contributed by atoms with Crippen molar-refractivity contribution in [3.63, 3.8) is 0 Å². The van der Waals surface area contributed by atoms with Crippen molar-refractivity contribution in [2.24, 2.45) is 0 Å². The van der Waals surface area contributed by atoms with Crippen LogP contribution in [0.2, 0.25) is 0 Å². The van der Waals surface area contributed by atoms with E-state index in [-0.39, 0.29) is 6.54 Å². The van der Waals surface area contributed by atoms with E-state index in [1.54, 1.807) is 0 Å². The van der Waals surface area contributed by atoms with Gasteiger partial charge in [-0.05, 0) is 11.6 Å². The highest BCUT2D eigenvalue weighted by atomic mass is 19.4. The maximum atomic E-state index is 11.5. The van der Waals surface area contributed by atoms with Gasteiger partial charge < -0.3 is 4.84 Å². The third-order valence-corrected chi connectivity index (χ3v) is 0.794. The van der Waals surface area contributed by atoms with Gasteiger partial charge in [-0.1, -0.05) is 0 Å². The van der Waals surface area contributed by atoms with Crippen molar-refractivity contribution in [2.45, 2.75) is 6.18 Å². The Morgan fingerprint density at radius 2 is 2.22 bits per heavy atom. The van der Waals surface area contributed by atoms with Crippen molar-refractivity contribution in [1.29, 1.82) is 0 Å². The number of halogens is 3. The number of hydrogen-bond donors (Lipinski definition) is 0. The molecule has 0 amide bonds. The molecule has 0 saturated carbocycles. The molecule has 0 spiro atoms. The van der Waals surface area contributed by atoms with Crippen LogP contribution >= 0.6 is 0 Å². The van der Waals surface area contributed by atoms with Gasteiger partial charge in [0.25, 0.3) is 0 Å². The molecule has 9 heavy (non-hydrogen) atoms. The average Bonchev–Trinajstić information content (AvgIpc) is 2.08. The minimum Gasteiger partial charge on any atom is -0.383 e. The second-order valence-corrected chi connectivity index (χ2v) is 1.47. The lowest BCUT2D eigenvalue weighted by atomic mass is 10.4. The molecule has 0 aromatic heterocycles. The van der Waals surface area contributed by atoms with Crippen molar-refractivity contribution in [2.75, 3.05) is 6.54 Å². The molecule has 0 aromatic rings. The predicted molar refractivity (Wildman–Crippen MR) is 22.2 cm³/mol. The van der Waals surface area contributed by atoms with Crippen LogP contribution in [-0.4, -0.2) is 12.7 Å². The van der Waals surface area contributed by atoms with Crippen LogP contribution in [0.5, 0.6) is 0 Å². The van der Waals surface area contributed by atoms with Crippen molar-refractivity contribution in [3.8, 4) is 0 Å². The fourth-order valence-corrected chi connectivity index (χ4v) is 0.432. The number of rotatable bonds is 0. The Bertz CT molecular complexity index is 139. The molecule has 2 nitrogen and oxygen atoms in total. The molecule has 1 aliphatic rings. The number of nitrogens with zero attached hydrogens (tertiary/aromatic N) is 1. The molecule has 0 saturated heterocycles. The van der Waals surface area contributed by atoms with Gasteiger partial charge in [0.2, 0.25) is 5.76 Å². The van der Waals surface area contributed by atoms with Crippen molar-refractivity contribution in [3.05, 3.63) is 11.8 Å². The van der Waals surface area contributed by atoms with E-state index < -0.39 is 11.9 Å². The van der Waals surface area contributed by atoms with Crippen LogP contribution in [0.4, 0.5) is 13.2 Å². The molecule has 1 rings (SSSR count). The molecule has 0 unspecified atom stereocenters. The van der Waals surface area contributed by atoms with E-state index in [4.69, 9.17) is 0 Å². The van der Waals surface area contributed by atoms with E-state index in [9.17, 15) is 13.2 Å². The quantitative estimate of drug-likeness (QED) is 0.489. The van der Waals surface area contributed by atoms with Crippen molar-refractivity contribution in [1.82, 2.24) is 5.48 Å². The van der Waals surface area contributed by atoms with E-state index in [0.29, 0.717) is 0 Å². The lowest BCUT2D eigenvalue weighted by Gasteiger charge is -2.03. The molecule has 0 fully saturated rings. The van der Waals surface area contributed by atoms with Gasteiger partial charge in [-0.15, -0.1) is 0 Å². The second-order valence-electron chi connectivity index (χ2n) is 1.47. The first-order chi connectivity index (χ1) is 4.11. The normalized spacial score (nSPS) is 19.2. The van der Waals surface area contributed by atoms with Crippen LogP contribution < -0.4 is 5.48 Å². The summed E-state index contributed by atoms with van der Waals surface area (Å²) in [5, 5.41) is 0. The Kier molecular flexibility index (Phi) is 1.36. The summed E-state index contributed by atoms with van der Waals surface area (Å²) in [5.74, 6) is -1.01. The molecular weight excluding hydrogens is 135 g/mol. The Morgan fingerprint density at radius 1 is 1.56 bits per heavy atom. The molecular formula is C4H3F3NO. The summed E-state index contributed by atoms with van der Waals surface area (Å²) < 4.78 is 34.5. The van der Waals surface area contributed by atoms with E-state index in [2.05, 4.69) is 10.3 Å². The maximum absolute atomic E-state index is 11.5. The van der Waals surface area contributed by atoms with Crippen LogP contribution in [0.3, 0.4) is 0 Å². The summed E-state index contributed by atoms with van der Waals surface area (Å²) in [7, 11) is 0. The number of hydroxylamine groups is 1. The van der Waals surface area contributed by atoms with Crippen LogP contribution in [0, 0.1) is 0 Å². The second kappa shape index (κ2) is 1.91. The highest BCUT2D eigenvalue weighted by Gasteiger charge is 2.38. The first kappa shape index (κ1) is 6.41. The Hall–Kier alpha value is -0.710. The monoisotopic (exact) mass is 138 g/mol. The largest absolute Gasteiger partial charge is 0.451 e. The van der Waals surface area contributed by atoms with Crippen molar-refractivity contribution < 1.29 is 18.0 Å². The summed E-state index contributed by atoms with van der Waals surface area (Å²) in [5.41, 5.74) is 3.02. The summed E-state index contributed by atoms with van der Waals surface area (Å²) in [4.78, 5) is 3.88. The molecule has 51 valence electrons. The van der Waals surface area contributed by atoms with Crippen LogP contribution in [0.15, 0.2) is 11.8 Å². The van der Waals surface area contributed by atoms with Gasteiger partial charge in [-0.2, -0.15) is 13.2 Å². The highest BCUT2D eigenvalue weighted by molar-refractivity contribution is 5.03. The zero-order valence-corrected chi connectivity index (χ0v) is 4.27. The topological polar surface area (TPSA) is 23.3 Å². The first-order valence-electron chi connectivity index (χ1n) is 2.22. The SMILES string of the molecule is FC(F)(F)C1=CC[N]O1. The van der Waals surface area contributed by atoms with Gasteiger partial charge >= 0.3 is 6.18 Å². The predicted octanol–water partition coefficient (Wildman–Crippen LogP) is 0.982. The minimum atomic E-state index is -4.38. The Morgan fingerprint density at radius 3 is 2.44 bits per heavy atom. The van der Waals surface area contributed by atoms with E-state index >= 15 is 0 Å². The van der Waals surface area contributed by atoms with Gasteiger partial charge in [0.1, 0.15) is 0 Å². The molecule has 0 bridgehead atoms. The smallest absolute Gasteiger partial charge is 0.383 e. The lowest BCUT2D eigenvalue weighted by molar-refractivity contribution is -0.137. The van der Waals surface area contributed by atoms with Gasteiger partial charge in [0, 0.05) is 0 Å². The number of allylic oxidation sites excluding steroid dienone is 1. The van der Waals surface area contributed by atoms with Crippen molar-refractivity contribution >= 4 is 0 Å². The first-order valence-corrected chi connectivity index (χ1v) is 2.22. The third kappa shape index (κ3) is 1.35. The summed E-state index contributed by atoms with van der Waals surface area (Å²) in [6.45, 7) is -0.00512. The van der Waals surface area contributed by atoms with Crippen LogP contribution in [0.25, 0.3) is 0 Å². The zero-order chi connectivity index (χ0) is 6.91. The number of hydrogen-bond acceptors (Lipinski definition) is 1. The van der Waals surface area contributed by atoms with Crippen LogP contribution in [-0.2, 0) is 4.84 Å². The van der Waals surface area contributed by atoms with E-state index in [1.807, 2.05) is 0 Å². The minimum absolute atomic E-state index is 0.00512.